The van der Waals surface area contributed by atoms with Crippen LogP contribution in [-0.2, 0) is 6.54 Å². The van der Waals surface area contributed by atoms with E-state index in [-0.39, 0.29) is 23.6 Å². The molecule has 0 spiro atoms. The molecule has 0 atom stereocenters. The molecule has 0 aliphatic carbocycles. The van der Waals surface area contributed by atoms with Gasteiger partial charge in [-0.3, -0.25) is 4.79 Å². The number of rotatable bonds is 7. The van der Waals surface area contributed by atoms with Crippen LogP contribution in [0, 0.1) is 0 Å². The topological polar surface area (TPSA) is 65.4 Å². The zero-order chi connectivity index (χ0) is 21.0. The van der Waals surface area contributed by atoms with Crippen molar-refractivity contribution >= 4 is 34.9 Å². The van der Waals surface area contributed by atoms with Gasteiger partial charge in [-0.05, 0) is 30.3 Å². The number of anilines is 1. The fourth-order valence-corrected chi connectivity index (χ4v) is 3.11. The second-order valence-electron chi connectivity index (χ2n) is 5.77. The fourth-order valence-electron chi connectivity index (χ4n) is 2.59. The quantitative estimate of drug-likeness (QED) is 0.553. The molecule has 10 heteroatoms. The van der Waals surface area contributed by atoms with Crippen LogP contribution in [-0.4, -0.2) is 29.4 Å². The van der Waals surface area contributed by atoms with Gasteiger partial charge in [0.1, 0.15) is 5.82 Å². The Bertz CT molecular complexity index is 1010. The van der Waals surface area contributed by atoms with Crippen molar-refractivity contribution in [2.45, 2.75) is 13.2 Å². The van der Waals surface area contributed by atoms with Crippen LogP contribution in [0.3, 0.4) is 0 Å². The van der Waals surface area contributed by atoms with Gasteiger partial charge >= 0.3 is 6.61 Å². The molecule has 29 heavy (non-hydrogen) atoms. The summed E-state index contributed by atoms with van der Waals surface area (Å²) in [6.07, 6.45) is 1.51. The lowest BCUT2D eigenvalue weighted by Crippen LogP contribution is -2.16. The molecule has 0 unspecified atom stereocenters. The van der Waals surface area contributed by atoms with E-state index in [0.29, 0.717) is 21.4 Å². The third-order valence-electron chi connectivity index (χ3n) is 3.97. The van der Waals surface area contributed by atoms with Crippen LogP contribution in [0.5, 0.6) is 11.5 Å². The van der Waals surface area contributed by atoms with E-state index in [4.69, 9.17) is 27.9 Å². The van der Waals surface area contributed by atoms with E-state index in [1.54, 1.807) is 24.3 Å². The number of nitrogens with zero attached hydrogens (tertiary/aromatic N) is 2. The Kier molecular flexibility index (Phi) is 6.56. The minimum Gasteiger partial charge on any atom is -0.493 e. The van der Waals surface area contributed by atoms with Crippen LogP contribution in [0.4, 0.5) is 14.6 Å². The van der Waals surface area contributed by atoms with Gasteiger partial charge in [0.15, 0.2) is 11.5 Å². The van der Waals surface area contributed by atoms with Gasteiger partial charge < -0.3 is 14.8 Å². The molecule has 3 aromatic rings. The molecule has 1 N–H and O–H groups in total. The Morgan fingerprint density at radius 2 is 1.90 bits per heavy atom. The predicted molar refractivity (Wildman–Crippen MR) is 105 cm³/mol. The van der Waals surface area contributed by atoms with Crippen molar-refractivity contribution < 1.29 is 23.0 Å². The number of benzene rings is 2. The van der Waals surface area contributed by atoms with Gasteiger partial charge in [-0.25, -0.2) is 4.68 Å². The van der Waals surface area contributed by atoms with Gasteiger partial charge in [0.2, 0.25) is 0 Å². The molecular weight excluding hydrogens is 427 g/mol. The van der Waals surface area contributed by atoms with Crippen LogP contribution in [0.1, 0.15) is 15.9 Å². The number of carbonyl (C=O) groups excluding carboxylic acids is 1. The lowest BCUT2D eigenvalue weighted by Gasteiger charge is -2.13. The smallest absolute Gasteiger partial charge is 0.387 e. The van der Waals surface area contributed by atoms with Crippen LogP contribution in [0.2, 0.25) is 10.0 Å². The summed E-state index contributed by atoms with van der Waals surface area (Å²) in [5.74, 6) is -0.247. The molecule has 2 aromatic carbocycles. The van der Waals surface area contributed by atoms with Gasteiger partial charge in [-0.2, -0.15) is 13.9 Å². The summed E-state index contributed by atoms with van der Waals surface area (Å²) in [6.45, 7) is -2.76. The van der Waals surface area contributed by atoms with Crippen LogP contribution >= 0.6 is 23.2 Å². The van der Waals surface area contributed by atoms with Crippen molar-refractivity contribution in [3.8, 4) is 11.5 Å². The number of halogens is 4. The number of aromatic nitrogens is 2. The van der Waals surface area contributed by atoms with Crippen LogP contribution < -0.4 is 14.8 Å². The van der Waals surface area contributed by atoms with E-state index in [2.05, 4.69) is 15.2 Å². The molecule has 0 radical (unpaired) electrons. The van der Waals surface area contributed by atoms with Gasteiger partial charge in [0.05, 0.1) is 19.9 Å². The van der Waals surface area contributed by atoms with E-state index >= 15 is 0 Å². The third kappa shape index (κ3) is 4.96. The van der Waals surface area contributed by atoms with Gasteiger partial charge in [0, 0.05) is 27.2 Å². The number of methoxy groups -OCH3 is 1. The lowest BCUT2D eigenvalue weighted by atomic mass is 10.2. The average Bonchev–Trinajstić information content (AvgIpc) is 3.11. The molecule has 3 rings (SSSR count). The molecule has 0 aliphatic rings. The minimum absolute atomic E-state index is 0.00862. The van der Waals surface area contributed by atoms with Crippen LogP contribution in [0.15, 0.2) is 48.7 Å². The standard InChI is InChI=1S/C19H15Cl2F2N3O3/c1-28-16-9-11(5-6-15(16)29-19(22)23)18(27)25-17-7-8-24-26(17)10-12-13(20)3-2-4-14(12)21/h2-9,19H,10H2,1H3,(H,25,27). The van der Waals surface area contributed by atoms with Crippen molar-refractivity contribution in [1.82, 2.24) is 9.78 Å². The van der Waals surface area contributed by atoms with Gasteiger partial charge in [-0.15, -0.1) is 0 Å². The molecular formula is C19H15Cl2F2N3O3. The van der Waals surface area contributed by atoms with E-state index in [0.717, 1.165) is 0 Å². The molecule has 152 valence electrons. The van der Waals surface area contributed by atoms with Crippen LogP contribution in [0.25, 0.3) is 0 Å². The Hall–Kier alpha value is -2.84. The second-order valence-corrected chi connectivity index (χ2v) is 6.59. The summed E-state index contributed by atoms with van der Waals surface area (Å²) in [6, 6.07) is 10.6. The molecule has 0 saturated heterocycles. The number of amides is 1. The van der Waals surface area contributed by atoms with Crippen molar-refractivity contribution in [3.63, 3.8) is 0 Å². The second kappa shape index (κ2) is 9.11. The maximum atomic E-state index is 12.6. The molecule has 0 saturated carbocycles. The Labute approximate surface area is 174 Å². The summed E-state index contributed by atoms with van der Waals surface area (Å²) in [5, 5.41) is 7.84. The molecule has 0 aliphatic heterocycles. The van der Waals surface area contributed by atoms with Gasteiger partial charge in [-0.1, -0.05) is 29.3 Å². The van der Waals surface area contributed by atoms with E-state index < -0.39 is 12.5 Å². The highest BCUT2D eigenvalue weighted by atomic mass is 35.5. The predicted octanol–water partition coefficient (Wildman–Crippen LogP) is 5.10. The van der Waals surface area contributed by atoms with Crippen molar-refractivity contribution in [2.75, 3.05) is 12.4 Å². The van der Waals surface area contributed by atoms with Crippen molar-refractivity contribution in [3.05, 3.63) is 69.8 Å². The number of alkyl halides is 2. The first-order chi connectivity index (χ1) is 13.9. The largest absolute Gasteiger partial charge is 0.493 e. The Balaban J connectivity index is 1.79. The summed E-state index contributed by atoms with van der Waals surface area (Å²) in [7, 11) is 1.29. The number of carbonyl (C=O) groups is 1. The highest BCUT2D eigenvalue weighted by Crippen LogP contribution is 2.30. The summed E-state index contributed by atoms with van der Waals surface area (Å²) in [4.78, 5) is 12.6. The van der Waals surface area contributed by atoms with Gasteiger partial charge in [0.25, 0.3) is 5.91 Å². The van der Waals surface area contributed by atoms with E-state index in [1.165, 1.54) is 36.2 Å². The van der Waals surface area contributed by atoms with E-state index in [1.807, 2.05) is 0 Å². The maximum Gasteiger partial charge on any atom is 0.387 e. The molecule has 1 heterocycles. The first kappa shape index (κ1) is 20.9. The highest BCUT2D eigenvalue weighted by Gasteiger charge is 2.16. The zero-order valence-corrected chi connectivity index (χ0v) is 16.5. The highest BCUT2D eigenvalue weighted by molar-refractivity contribution is 6.36. The summed E-state index contributed by atoms with van der Waals surface area (Å²) < 4.78 is 35.8. The number of hydrogen-bond donors (Lipinski definition) is 1. The molecule has 1 amide bonds. The Morgan fingerprint density at radius 1 is 1.17 bits per heavy atom. The number of hydrogen-bond acceptors (Lipinski definition) is 4. The first-order valence-electron chi connectivity index (χ1n) is 8.28. The van der Waals surface area contributed by atoms with Crippen molar-refractivity contribution in [1.29, 1.82) is 0 Å². The zero-order valence-electron chi connectivity index (χ0n) is 15.0. The number of ether oxygens (including phenoxy) is 2. The SMILES string of the molecule is COc1cc(C(=O)Nc2ccnn2Cc2c(Cl)cccc2Cl)ccc1OC(F)F. The first-order valence-corrected chi connectivity index (χ1v) is 9.03. The summed E-state index contributed by atoms with van der Waals surface area (Å²) >= 11 is 12.4. The maximum absolute atomic E-state index is 12.6. The molecule has 0 bridgehead atoms. The monoisotopic (exact) mass is 441 g/mol. The lowest BCUT2D eigenvalue weighted by molar-refractivity contribution is -0.0512. The molecule has 1 aromatic heterocycles. The Morgan fingerprint density at radius 3 is 2.55 bits per heavy atom. The van der Waals surface area contributed by atoms with E-state index in [9.17, 15) is 13.6 Å². The fraction of sp³-hybridized carbons (Fsp3) is 0.158. The third-order valence-corrected chi connectivity index (χ3v) is 4.68. The summed E-state index contributed by atoms with van der Waals surface area (Å²) in [5.41, 5.74) is 0.845. The average molecular weight is 442 g/mol. The molecule has 0 fully saturated rings. The normalized spacial score (nSPS) is 10.8. The van der Waals surface area contributed by atoms with Crippen molar-refractivity contribution in [2.24, 2.45) is 0 Å². The molecule has 6 nitrogen and oxygen atoms in total. The number of nitrogens with one attached hydrogen (secondary N) is 1. The minimum atomic E-state index is -3.01.